The van der Waals surface area contributed by atoms with Gasteiger partial charge in [-0.05, 0) is 37.1 Å². The van der Waals surface area contributed by atoms with Crippen LogP contribution >= 0.6 is 0 Å². The highest BCUT2D eigenvalue weighted by molar-refractivity contribution is 5.97. The monoisotopic (exact) mass is 313 g/mol. The van der Waals surface area contributed by atoms with Gasteiger partial charge < -0.3 is 14.3 Å². The summed E-state index contributed by atoms with van der Waals surface area (Å²) in [5, 5.41) is 3.91. The fourth-order valence-electron chi connectivity index (χ4n) is 2.89. The number of amides is 2. The SMILES string of the molecule is CC(=O)N1CCc2cc(C(=O)N(C)Cc3cc(C)on3)ccc21. The maximum atomic E-state index is 12.6. The third-order valence-corrected chi connectivity index (χ3v) is 4.02. The molecule has 0 fully saturated rings. The van der Waals surface area contributed by atoms with E-state index in [9.17, 15) is 9.59 Å². The Kier molecular flexibility index (Phi) is 3.90. The number of anilines is 1. The van der Waals surface area contributed by atoms with Gasteiger partial charge in [0.1, 0.15) is 11.5 Å². The molecule has 0 aliphatic carbocycles. The molecule has 3 rings (SSSR count). The van der Waals surface area contributed by atoms with Gasteiger partial charge >= 0.3 is 0 Å². The average molecular weight is 313 g/mol. The molecule has 0 saturated heterocycles. The number of hydrogen-bond donors (Lipinski definition) is 0. The quantitative estimate of drug-likeness (QED) is 0.871. The number of aryl methyl sites for hydroxylation is 1. The summed E-state index contributed by atoms with van der Waals surface area (Å²) in [6.07, 6.45) is 0.780. The van der Waals surface area contributed by atoms with Crippen molar-refractivity contribution in [3.05, 3.63) is 46.8 Å². The molecule has 0 bridgehead atoms. The minimum absolute atomic E-state index is 0.0290. The van der Waals surface area contributed by atoms with E-state index >= 15 is 0 Å². The molecule has 2 amide bonds. The Bertz CT molecular complexity index is 766. The molecule has 1 aliphatic rings. The van der Waals surface area contributed by atoms with Crippen molar-refractivity contribution in [1.82, 2.24) is 10.1 Å². The summed E-state index contributed by atoms with van der Waals surface area (Å²) in [4.78, 5) is 27.5. The Morgan fingerprint density at radius 3 is 2.78 bits per heavy atom. The topological polar surface area (TPSA) is 66.7 Å². The Balaban J connectivity index is 1.77. The van der Waals surface area contributed by atoms with Gasteiger partial charge in [-0.25, -0.2) is 0 Å². The van der Waals surface area contributed by atoms with Crippen molar-refractivity contribution in [2.45, 2.75) is 26.8 Å². The molecule has 1 aromatic heterocycles. The summed E-state index contributed by atoms with van der Waals surface area (Å²) < 4.78 is 5.02. The molecule has 0 atom stereocenters. The van der Waals surface area contributed by atoms with E-state index in [1.54, 1.807) is 29.8 Å². The molecule has 120 valence electrons. The van der Waals surface area contributed by atoms with Crippen LogP contribution in [-0.4, -0.2) is 35.5 Å². The van der Waals surface area contributed by atoms with E-state index in [2.05, 4.69) is 5.16 Å². The molecule has 0 spiro atoms. The molecule has 0 radical (unpaired) electrons. The van der Waals surface area contributed by atoms with Crippen molar-refractivity contribution < 1.29 is 14.1 Å². The third-order valence-electron chi connectivity index (χ3n) is 4.02. The third kappa shape index (κ3) is 2.97. The molecule has 23 heavy (non-hydrogen) atoms. The zero-order chi connectivity index (χ0) is 16.6. The van der Waals surface area contributed by atoms with Gasteiger partial charge in [0, 0.05) is 37.8 Å². The maximum absolute atomic E-state index is 12.6. The fraction of sp³-hybridized carbons (Fsp3) is 0.353. The highest BCUT2D eigenvalue weighted by Gasteiger charge is 2.24. The molecule has 2 heterocycles. The lowest BCUT2D eigenvalue weighted by Crippen LogP contribution is -2.27. The molecule has 6 heteroatoms. The number of carbonyl (C=O) groups excluding carboxylic acids is 2. The van der Waals surface area contributed by atoms with E-state index in [4.69, 9.17) is 4.52 Å². The number of aromatic nitrogens is 1. The summed E-state index contributed by atoms with van der Waals surface area (Å²) in [5.41, 5.74) is 3.29. The summed E-state index contributed by atoms with van der Waals surface area (Å²) in [7, 11) is 1.74. The van der Waals surface area contributed by atoms with Crippen LogP contribution in [0.4, 0.5) is 5.69 Å². The van der Waals surface area contributed by atoms with E-state index < -0.39 is 0 Å². The predicted molar refractivity (Wildman–Crippen MR) is 85.2 cm³/mol. The van der Waals surface area contributed by atoms with Gasteiger partial charge in [-0.1, -0.05) is 5.16 Å². The lowest BCUT2D eigenvalue weighted by atomic mass is 10.1. The van der Waals surface area contributed by atoms with Crippen LogP contribution in [-0.2, 0) is 17.8 Å². The first-order valence-corrected chi connectivity index (χ1v) is 7.54. The van der Waals surface area contributed by atoms with Gasteiger partial charge in [-0.15, -0.1) is 0 Å². The van der Waals surface area contributed by atoms with Crippen molar-refractivity contribution in [3.63, 3.8) is 0 Å². The normalized spacial score (nSPS) is 13.1. The summed E-state index contributed by atoms with van der Waals surface area (Å²) in [5.74, 6) is 0.679. The zero-order valence-electron chi connectivity index (χ0n) is 13.5. The van der Waals surface area contributed by atoms with Gasteiger partial charge in [0.15, 0.2) is 0 Å². The van der Waals surface area contributed by atoms with Gasteiger partial charge in [0.25, 0.3) is 5.91 Å². The van der Waals surface area contributed by atoms with E-state index in [0.717, 1.165) is 29.1 Å². The zero-order valence-corrected chi connectivity index (χ0v) is 13.5. The Morgan fingerprint density at radius 2 is 2.13 bits per heavy atom. The number of benzene rings is 1. The largest absolute Gasteiger partial charge is 0.361 e. The minimum Gasteiger partial charge on any atom is -0.361 e. The van der Waals surface area contributed by atoms with Crippen LogP contribution in [0.2, 0.25) is 0 Å². The van der Waals surface area contributed by atoms with Crippen molar-refractivity contribution in [2.75, 3.05) is 18.5 Å². The minimum atomic E-state index is -0.0743. The van der Waals surface area contributed by atoms with Crippen molar-refractivity contribution >= 4 is 17.5 Å². The molecule has 0 N–H and O–H groups in total. The van der Waals surface area contributed by atoms with E-state index in [0.29, 0.717) is 18.7 Å². The van der Waals surface area contributed by atoms with Gasteiger partial charge in [-0.2, -0.15) is 0 Å². The Morgan fingerprint density at radius 1 is 1.35 bits per heavy atom. The second-order valence-corrected chi connectivity index (χ2v) is 5.85. The standard InChI is InChI=1S/C17H19N3O3/c1-11-8-15(18-23-11)10-19(3)17(22)14-4-5-16-13(9-14)6-7-20(16)12(2)21/h4-5,8-9H,6-7,10H2,1-3H3. The fourth-order valence-corrected chi connectivity index (χ4v) is 2.89. The number of carbonyl (C=O) groups is 2. The second-order valence-electron chi connectivity index (χ2n) is 5.85. The van der Waals surface area contributed by atoms with Gasteiger partial charge in [0.2, 0.25) is 5.91 Å². The first-order chi connectivity index (χ1) is 11.0. The molecule has 2 aromatic rings. The van der Waals surface area contributed by atoms with Crippen molar-refractivity contribution in [3.8, 4) is 0 Å². The van der Waals surface area contributed by atoms with Crippen molar-refractivity contribution in [2.24, 2.45) is 0 Å². The van der Waals surface area contributed by atoms with Crippen molar-refractivity contribution in [1.29, 1.82) is 0 Å². The van der Waals surface area contributed by atoms with Crippen LogP contribution in [0.3, 0.4) is 0 Å². The first kappa shape index (κ1) is 15.3. The maximum Gasteiger partial charge on any atom is 0.253 e. The molecule has 6 nitrogen and oxygen atoms in total. The highest BCUT2D eigenvalue weighted by Crippen LogP contribution is 2.29. The van der Waals surface area contributed by atoms with Crippen LogP contribution in [0.5, 0.6) is 0 Å². The first-order valence-electron chi connectivity index (χ1n) is 7.54. The predicted octanol–water partition coefficient (Wildman–Crippen LogP) is 2.16. The number of nitrogens with zero attached hydrogens (tertiary/aromatic N) is 3. The second kappa shape index (κ2) is 5.87. The number of hydrogen-bond acceptors (Lipinski definition) is 4. The van der Waals surface area contributed by atoms with Gasteiger partial charge in [-0.3, -0.25) is 9.59 Å². The van der Waals surface area contributed by atoms with Crippen LogP contribution < -0.4 is 4.90 Å². The molecule has 0 unspecified atom stereocenters. The molecule has 1 aromatic carbocycles. The van der Waals surface area contributed by atoms with Crippen LogP contribution in [0.15, 0.2) is 28.8 Å². The van der Waals surface area contributed by atoms with Crippen LogP contribution in [0.1, 0.15) is 34.3 Å². The van der Waals surface area contributed by atoms with E-state index in [1.165, 1.54) is 0 Å². The van der Waals surface area contributed by atoms with E-state index in [-0.39, 0.29) is 11.8 Å². The molecular formula is C17H19N3O3. The lowest BCUT2D eigenvalue weighted by Gasteiger charge is -2.17. The summed E-state index contributed by atoms with van der Waals surface area (Å²) in [6.45, 7) is 4.45. The molecule has 1 aliphatic heterocycles. The molecule has 0 saturated carbocycles. The van der Waals surface area contributed by atoms with E-state index in [1.807, 2.05) is 25.1 Å². The summed E-state index contributed by atoms with van der Waals surface area (Å²) >= 11 is 0. The number of rotatable bonds is 3. The van der Waals surface area contributed by atoms with Gasteiger partial charge in [0.05, 0.1) is 6.54 Å². The lowest BCUT2D eigenvalue weighted by molar-refractivity contribution is -0.116. The summed E-state index contributed by atoms with van der Waals surface area (Å²) in [6, 6.07) is 7.32. The highest BCUT2D eigenvalue weighted by atomic mass is 16.5. The van der Waals surface area contributed by atoms with Crippen LogP contribution in [0.25, 0.3) is 0 Å². The Labute approximate surface area is 134 Å². The molecular weight excluding hydrogens is 294 g/mol. The number of fused-ring (bicyclic) bond motifs is 1. The average Bonchev–Trinajstić information content (AvgIpc) is 3.11. The Hall–Kier alpha value is -2.63. The smallest absolute Gasteiger partial charge is 0.253 e. The van der Waals surface area contributed by atoms with Crippen LogP contribution in [0, 0.1) is 6.92 Å².